The second-order valence-corrected chi connectivity index (χ2v) is 7.93. The van der Waals surface area contributed by atoms with Gasteiger partial charge in [-0.15, -0.1) is 0 Å². The summed E-state index contributed by atoms with van der Waals surface area (Å²) in [7, 11) is 0. The van der Waals surface area contributed by atoms with Gasteiger partial charge in [0.1, 0.15) is 0 Å². The van der Waals surface area contributed by atoms with Crippen molar-refractivity contribution >= 4 is 34.6 Å². The van der Waals surface area contributed by atoms with Gasteiger partial charge in [-0.2, -0.15) is 0 Å². The predicted molar refractivity (Wildman–Crippen MR) is 117 cm³/mol. The smallest absolute Gasteiger partial charge is 0.264 e. The number of carbonyl (C=O) groups is 1. The van der Waals surface area contributed by atoms with Gasteiger partial charge in [0.25, 0.3) is 5.91 Å². The minimum atomic E-state index is -0.119. The van der Waals surface area contributed by atoms with Crippen LogP contribution in [0.1, 0.15) is 22.5 Å². The Morgan fingerprint density at radius 1 is 0.964 bits per heavy atom. The van der Waals surface area contributed by atoms with Crippen molar-refractivity contribution in [1.82, 2.24) is 9.88 Å². The number of aliphatic imine (C=N–C) groups is 1. The first kappa shape index (κ1) is 18.3. The van der Waals surface area contributed by atoms with E-state index in [1.807, 2.05) is 56.3 Å². The van der Waals surface area contributed by atoms with Crippen molar-refractivity contribution in [2.24, 2.45) is 4.99 Å². The first-order chi connectivity index (χ1) is 13.5. The van der Waals surface area contributed by atoms with Crippen LogP contribution in [0.15, 0.2) is 70.6 Å². The van der Waals surface area contributed by atoms with Crippen LogP contribution in [0.3, 0.4) is 0 Å². The Morgan fingerprint density at radius 2 is 1.68 bits per heavy atom. The molecule has 0 radical (unpaired) electrons. The molecule has 3 aromatic rings. The lowest BCUT2D eigenvalue weighted by atomic mass is 10.1. The number of amidine groups is 1. The fraction of sp³-hybridized carbons (Fsp3) is 0.130. The quantitative estimate of drug-likeness (QED) is 0.620. The topological polar surface area (TPSA) is 46.4 Å². The summed E-state index contributed by atoms with van der Waals surface area (Å²) in [4.78, 5) is 17.7. The van der Waals surface area contributed by atoms with Crippen LogP contribution in [0.5, 0.6) is 0 Å². The summed E-state index contributed by atoms with van der Waals surface area (Å²) >= 11 is 1.37. The number of thioether (sulfide) groups is 1. The molecule has 0 spiro atoms. The van der Waals surface area contributed by atoms with Crippen LogP contribution in [-0.2, 0) is 4.79 Å². The fourth-order valence-corrected chi connectivity index (χ4v) is 4.17. The highest BCUT2D eigenvalue weighted by molar-refractivity contribution is 8.18. The first-order valence-corrected chi connectivity index (χ1v) is 9.93. The summed E-state index contributed by atoms with van der Waals surface area (Å²) in [5, 5.41) is 3.48. The number of carbonyl (C=O) groups excluding carboxylic acids is 1. The normalized spacial score (nSPS) is 16.8. The molecule has 1 N–H and O–H groups in total. The number of para-hydroxylation sites is 1. The average molecular weight is 388 g/mol. The summed E-state index contributed by atoms with van der Waals surface area (Å²) in [5.74, 6) is -0.119. The minimum Gasteiger partial charge on any atom is -0.314 e. The zero-order valence-corrected chi connectivity index (χ0v) is 16.9. The fourth-order valence-electron chi connectivity index (χ4n) is 3.35. The zero-order chi connectivity index (χ0) is 19.7. The number of nitrogens with zero attached hydrogens (tertiary/aromatic N) is 2. The molecule has 0 aliphatic carbocycles. The Labute approximate surface area is 169 Å². The third-order valence-corrected chi connectivity index (χ3v) is 5.40. The number of amides is 1. The van der Waals surface area contributed by atoms with E-state index in [1.54, 1.807) is 0 Å². The summed E-state index contributed by atoms with van der Waals surface area (Å²) in [6.45, 7) is 6.15. The molecule has 4 rings (SSSR count). The van der Waals surface area contributed by atoms with Crippen molar-refractivity contribution in [3.8, 4) is 5.69 Å². The molecule has 0 bridgehead atoms. The molecule has 0 unspecified atom stereocenters. The highest BCUT2D eigenvalue weighted by atomic mass is 32.2. The standard InChI is InChI=1S/C23H21N3OS/c1-15-11-16(2)13-18(12-15)24-23-25-22(27)21(28-23)14-20-10-9-17(3)26(20)19-7-5-4-6-8-19/h4-14H,1-3H3,(H,24,25,27)/b21-14-. The number of nitrogens with one attached hydrogen (secondary N) is 1. The van der Waals surface area contributed by atoms with Gasteiger partial charge in [-0.25, -0.2) is 4.99 Å². The number of benzene rings is 2. The van der Waals surface area contributed by atoms with Crippen LogP contribution in [0.4, 0.5) is 5.69 Å². The van der Waals surface area contributed by atoms with Crippen LogP contribution in [0.2, 0.25) is 0 Å². The van der Waals surface area contributed by atoms with Crippen LogP contribution < -0.4 is 5.32 Å². The molecule has 0 atom stereocenters. The largest absolute Gasteiger partial charge is 0.314 e. The van der Waals surface area contributed by atoms with Gasteiger partial charge in [0.2, 0.25) is 0 Å². The molecule has 1 aliphatic heterocycles. The highest BCUT2D eigenvalue weighted by Crippen LogP contribution is 2.30. The molecule has 0 saturated carbocycles. The van der Waals surface area contributed by atoms with E-state index in [-0.39, 0.29) is 5.91 Å². The summed E-state index contributed by atoms with van der Waals surface area (Å²) < 4.78 is 2.14. The van der Waals surface area contributed by atoms with Gasteiger partial charge < -0.3 is 9.88 Å². The van der Waals surface area contributed by atoms with Crippen LogP contribution in [0.25, 0.3) is 11.8 Å². The second-order valence-electron chi connectivity index (χ2n) is 6.90. The molecule has 4 nitrogen and oxygen atoms in total. The Bertz CT molecular complexity index is 1090. The summed E-state index contributed by atoms with van der Waals surface area (Å²) in [5.41, 5.74) is 6.32. The molecule has 28 heavy (non-hydrogen) atoms. The maximum absolute atomic E-state index is 12.5. The molecular formula is C23H21N3OS. The van der Waals surface area contributed by atoms with E-state index < -0.39 is 0 Å². The van der Waals surface area contributed by atoms with E-state index in [4.69, 9.17) is 0 Å². The molecule has 2 aromatic carbocycles. The lowest BCUT2D eigenvalue weighted by Gasteiger charge is -2.09. The molecule has 1 aromatic heterocycles. The number of aryl methyl sites for hydroxylation is 3. The predicted octanol–water partition coefficient (Wildman–Crippen LogP) is 5.29. The van der Waals surface area contributed by atoms with Gasteiger partial charge in [-0.3, -0.25) is 4.79 Å². The van der Waals surface area contributed by atoms with Crippen molar-refractivity contribution in [1.29, 1.82) is 0 Å². The van der Waals surface area contributed by atoms with Gasteiger partial charge in [0, 0.05) is 17.1 Å². The average Bonchev–Trinajstić information content (AvgIpc) is 3.17. The van der Waals surface area contributed by atoms with E-state index in [0.717, 1.165) is 33.9 Å². The molecular weight excluding hydrogens is 366 g/mol. The Hall–Kier alpha value is -3.05. The Morgan fingerprint density at radius 3 is 2.39 bits per heavy atom. The van der Waals surface area contributed by atoms with Crippen molar-refractivity contribution in [2.75, 3.05) is 0 Å². The number of hydrogen-bond donors (Lipinski definition) is 1. The van der Waals surface area contributed by atoms with Crippen LogP contribution in [0, 0.1) is 20.8 Å². The lowest BCUT2D eigenvalue weighted by Crippen LogP contribution is -2.19. The lowest BCUT2D eigenvalue weighted by molar-refractivity contribution is -0.115. The van der Waals surface area contributed by atoms with Crippen molar-refractivity contribution in [3.63, 3.8) is 0 Å². The van der Waals surface area contributed by atoms with Crippen molar-refractivity contribution < 1.29 is 4.79 Å². The van der Waals surface area contributed by atoms with E-state index in [9.17, 15) is 4.79 Å². The molecule has 1 fully saturated rings. The number of rotatable bonds is 3. The number of aromatic nitrogens is 1. The Kier molecular flexibility index (Phi) is 4.92. The van der Waals surface area contributed by atoms with E-state index in [1.165, 1.54) is 11.8 Å². The first-order valence-electron chi connectivity index (χ1n) is 9.11. The maximum Gasteiger partial charge on any atom is 0.264 e. The SMILES string of the molecule is Cc1cc(C)cc(N=C2NC(=O)/C(=C/c3ccc(C)n3-c3ccccc3)S2)c1. The number of hydrogen-bond acceptors (Lipinski definition) is 3. The van der Waals surface area contributed by atoms with Gasteiger partial charge in [0.15, 0.2) is 5.17 Å². The summed E-state index contributed by atoms with van der Waals surface area (Å²) in [6.07, 6.45) is 1.92. The second kappa shape index (κ2) is 7.52. The van der Waals surface area contributed by atoms with E-state index in [0.29, 0.717) is 10.1 Å². The van der Waals surface area contributed by atoms with Crippen molar-refractivity contribution in [3.05, 3.63) is 88.1 Å². The molecule has 1 aliphatic rings. The zero-order valence-electron chi connectivity index (χ0n) is 16.1. The van der Waals surface area contributed by atoms with Gasteiger partial charge >= 0.3 is 0 Å². The monoisotopic (exact) mass is 387 g/mol. The maximum atomic E-state index is 12.5. The van der Waals surface area contributed by atoms with Crippen LogP contribution >= 0.6 is 11.8 Å². The van der Waals surface area contributed by atoms with E-state index in [2.05, 4.69) is 46.1 Å². The van der Waals surface area contributed by atoms with Crippen molar-refractivity contribution in [2.45, 2.75) is 20.8 Å². The third-order valence-electron chi connectivity index (χ3n) is 4.49. The van der Waals surface area contributed by atoms with E-state index >= 15 is 0 Å². The molecule has 2 heterocycles. The molecule has 140 valence electrons. The van der Waals surface area contributed by atoms with Gasteiger partial charge in [-0.1, -0.05) is 24.3 Å². The molecule has 1 saturated heterocycles. The minimum absolute atomic E-state index is 0.119. The van der Waals surface area contributed by atoms with Crippen LogP contribution in [-0.4, -0.2) is 15.6 Å². The van der Waals surface area contributed by atoms with Gasteiger partial charge in [-0.05, 0) is 86.1 Å². The summed E-state index contributed by atoms with van der Waals surface area (Å²) in [6, 6.07) is 20.4. The third kappa shape index (κ3) is 3.80. The highest BCUT2D eigenvalue weighted by Gasteiger charge is 2.24. The molecule has 5 heteroatoms. The molecule has 1 amide bonds. The Balaban J connectivity index is 1.65. The van der Waals surface area contributed by atoms with Gasteiger partial charge in [0.05, 0.1) is 10.6 Å².